The van der Waals surface area contributed by atoms with E-state index >= 15 is 0 Å². The number of aliphatic hydroxyl groups excluding tert-OH is 1. The van der Waals surface area contributed by atoms with E-state index in [2.05, 4.69) is 12.0 Å². The largest absolute Gasteiger partial charge is 0.387 e. The molecule has 1 saturated carbocycles. The van der Waals surface area contributed by atoms with Gasteiger partial charge >= 0.3 is 0 Å². The zero-order chi connectivity index (χ0) is 12.3. The first-order valence-electron chi connectivity index (χ1n) is 6.91. The van der Waals surface area contributed by atoms with Gasteiger partial charge in [-0.05, 0) is 24.8 Å². The maximum absolute atomic E-state index is 10.3. The normalized spacial score (nSPS) is 19.5. The molecule has 0 bridgehead atoms. The van der Waals surface area contributed by atoms with E-state index in [0.717, 1.165) is 24.2 Å². The van der Waals surface area contributed by atoms with Crippen LogP contribution in [-0.4, -0.2) is 14.9 Å². The predicted octanol–water partition coefficient (Wildman–Crippen LogP) is 2.99. The quantitative estimate of drug-likeness (QED) is 0.872. The van der Waals surface area contributed by atoms with Crippen molar-refractivity contribution in [2.24, 2.45) is 13.0 Å². The maximum atomic E-state index is 10.3. The van der Waals surface area contributed by atoms with E-state index in [1.165, 1.54) is 32.1 Å². The van der Waals surface area contributed by atoms with Crippen LogP contribution in [0.3, 0.4) is 0 Å². The van der Waals surface area contributed by atoms with Crippen molar-refractivity contribution in [3.63, 3.8) is 0 Å². The monoisotopic (exact) mass is 236 g/mol. The smallest absolute Gasteiger partial charge is 0.0959 e. The summed E-state index contributed by atoms with van der Waals surface area (Å²) in [6.45, 7) is 2.10. The van der Waals surface area contributed by atoms with Crippen LogP contribution >= 0.6 is 0 Å². The molecule has 2 rings (SSSR count). The van der Waals surface area contributed by atoms with Crippen molar-refractivity contribution < 1.29 is 5.11 Å². The number of aromatic nitrogens is 2. The molecule has 1 aliphatic carbocycles. The molecule has 0 spiro atoms. The number of aryl methyl sites for hydroxylation is 2. The summed E-state index contributed by atoms with van der Waals surface area (Å²) in [7, 11) is 1.93. The summed E-state index contributed by atoms with van der Waals surface area (Å²) < 4.78 is 1.84. The SMILES string of the molecule is CCc1cc(C(O)CC2CCCCC2)n(C)n1. The fourth-order valence-electron chi connectivity index (χ4n) is 2.89. The summed E-state index contributed by atoms with van der Waals surface area (Å²) in [6, 6.07) is 2.05. The molecular formula is C14H24N2O. The van der Waals surface area contributed by atoms with E-state index in [0.29, 0.717) is 5.92 Å². The molecule has 1 heterocycles. The fraction of sp³-hybridized carbons (Fsp3) is 0.786. The van der Waals surface area contributed by atoms with Crippen LogP contribution in [0.1, 0.15) is 62.9 Å². The Hall–Kier alpha value is -0.830. The van der Waals surface area contributed by atoms with Crippen LogP contribution < -0.4 is 0 Å². The van der Waals surface area contributed by atoms with Crippen LogP contribution in [0.5, 0.6) is 0 Å². The lowest BCUT2D eigenvalue weighted by atomic mass is 9.85. The number of rotatable bonds is 4. The molecular weight excluding hydrogens is 212 g/mol. The molecule has 3 heteroatoms. The van der Waals surface area contributed by atoms with Crippen molar-refractivity contribution >= 4 is 0 Å². The Kier molecular flexibility index (Phi) is 4.21. The maximum Gasteiger partial charge on any atom is 0.0959 e. The Morgan fingerprint density at radius 2 is 2.12 bits per heavy atom. The van der Waals surface area contributed by atoms with Gasteiger partial charge in [0.25, 0.3) is 0 Å². The molecule has 1 aliphatic rings. The van der Waals surface area contributed by atoms with Crippen LogP contribution in [0.15, 0.2) is 6.07 Å². The van der Waals surface area contributed by atoms with Crippen LogP contribution in [0.25, 0.3) is 0 Å². The average molecular weight is 236 g/mol. The molecule has 1 unspecified atom stereocenters. The van der Waals surface area contributed by atoms with Crippen molar-refractivity contribution in [1.29, 1.82) is 0 Å². The minimum absolute atomic E-state index is 0.337. The molecule has 1 atom stereocenters. The van der Waals surface area contributed by atoms with Gasteiger partial charge in [-0.3, -0.25) is 4.68 Å². The lowest BCUT2D eigenvalue weighted by Gasteiger charge is -2.23. The Balaban J connectivity index is 1.97. The molecule has 1 aromatic rings. The minimum Gasteiger partial charge on any atom is -0.387 e. The molecule has 3 nitrogen and oxygen atoms in total. The van der Waals surface area contributed by atoms with Crippen molar-refractivity contribution in [1.82, 2.24) is 9.78 Å². The van der Waals surface area contributed by atoms with Crippen LogP contribution in [0.4, 0.5) is 0 Å². The first-order valence-corrected chi connectivity index (χ1v) is 6.91. The first kappa shape index (κ1) is 12.6. The lowest BCUT2D eigenvalue weighted by Crippen LogP contribution is -2.13. The number of hydrogen-bond acceptors (Lipinski definition) is 2. The van der Waals surface area contributed by atoms with Crippen LogP contribution in [0, 0.1) is 5.92 Å². The molecule has 17 heavy (non-hydrogen) atoms. The van der Waals surface area contributed by atoms with Crippen molar-refractivity contribution in [3.05, 3.63) is 17.5 Å². The highest BCUT2D eigenvalue weighted by molar-refractivity contribution is 5.12. The van der Waals surface area contributed by atoms with Gasteiger partial charge in [-0.15, -0.1) is 0 Å². The Labute approximate surface area is 104 Å². The Morgan fingerprint density at radius 3 is 2.71 bits per heavy atom. The zero-order valence-corrected chi connectivity index (χ0v) is 11.0. The topological polar surface area (TPSA) is 38.0 Å². The van der Waals surface area contributed by atoms with Crippen molar-refractivity contribution in [2.75, 3.05) is 0 Å². The summed E-state index contributed by atoms with van der Waals surface area (Å²) >= 11 is 0. The number of nitrogens with zero attached hydrogens (tertiary/aromatic N) is 2. The summed E-state index contributed by atoms with van der Waals surface area (Å²) in [6.07, 6.45) is 8.12. The highest BCUT2D eigenvalue weighted by Crippen LogP contribution is 2.31. The molecule has 0 saturated heterocycles. The average Bonchev–Trinajstić information content (AvgIpc) is 2.72. The molecule has 1 fully saturated rings. The van der Waals surface area contributed by atoms with Gasteiger partial charge < -0.3 is 5.11 Å². The fourth-order valence-corrected chi connectivity index (χ4v) is 2.89. The summed E-state index contributed by atoms with van der Waals surface area (Å²) in [5.74, 6) is 0.707. The third-order valence-corrected chi connectivity index (χ3v) is 3.95. The number of hydrogen-bond donors (Lipinski definition) is 1. The van der Waals surface area contributed by atoms with Crippen LogP contribution in [-0.2, 0) is 13.5 Å². The van der Waals surface area contributed by atoms with Gasteiger partial charge in [-0.1, -0.05) is 39.0 Å². The third-order valence-electron chi connectivity index (χ3n) is 3.95. The van der Waals surface area contributed by atoms with Gasteiger partial charge in [-0.2, -0.15) is 5.10 Å². The van der Waals surface area contributed by atoms with Gasteiger partial charge in [-0.25, -0.2) is 0 Å². The standard InChI is InChI=1S/C14H24N2O/c1-3-12-10-13(16(2)15-12)14(17)9-11-7-5-4-6-8-11/h10-11,14,17H,3-9H2,1-2H3. The van der Waals surface area contributed by atoms with Gasteiger partial charge in [0.15, 0.2) is 0 Å². The molecule has 96 valence electrons. The molecule has 1 aromatic heterocycles. The summed E-state index contributed by atoms with van der Waals surface area (Å²) in [5, 5.41) is 14.7. The summed E-state index contributed by atoms with van der Waals surface area (Å²) in [5.41, 5.74) is 2.05. The van der Waals surface area contributed by atoms with Gasteiger partial charge in [0, 0.05) is 7.05 Å². The second kappa shape index (κ2) is 5.67. The van der Waals surface area contributed by atoms with E-state index in [4.69, 9.17) is 0 Å². The highest BCUT2D eigenvalue weighted by Gasteiger charge is 2.20. The van der Waals surface area contributed by atoms with Crippen molar-refractivity contribution in [3.8, 4) is 0 Å². The van der Waals surface area contributed by atoms with E-state index in [1.54, 1.807) is 0 Å². The predicted molar refractivity (Wildman–Crippen MR) is 68.7 cm³/mol. The lowest BCUT2D eigenvalue weighted by molar-refractivity contribution is 0.123. The van der Waals surface area contributed by atoms with Gasteiger partial charge in [0.2, 0.25) is 0 Å². The molecule has 0 aromatic carbocycles. The van der Waals surface area contributed by atoms with E-state index < -0.39 is 0 Å². The Bertz CT molecular complexity index is 353. The minimum atomic E-state index is -0.337. The number of aliphatic hydroxyl groups is 1. The molecule has 0 aliphatic heterocycles. The van der Waals surface area contributed by atoms with Gasteiger partial charge in [0.1, 0.15) is 0 Å². The van der Waals surface area contributed by atoms with E-state index in [9.17, 15) is 5.11 Å². The van der Waals surface area contributed by atoms with E-state index in [1.807, 2.05) is 17.8 Å². The zero-order valence-electron chi connectivity index (χ0n) is 11.0. The second-order valence-electron chi connectivity index (χ2n) is 5.29. The summed E-state index contributed by atoms with van der Waals surface area (Å²) in [4.78, 5) is 0. The molecule has 1 N–H and O–H groups in total. The highest BCUT2D eigenvalue weighted by atomic mass is 16.3. The second-order valence-corrected chi connectivity index (χ2v) is 5.29. The Morgan fingerprint density at radius 1 is 1.41 bits per heavy atom. The molecule has 0 amide bonds. The van der Waals surface area contributed by atoms with Gasteiger partial charge in [0.05, 0.1) is 17.5 Å². The van der Waals surface area contributed by atoms with Crippen LogP contribution in [0.2, 0.25) is 0 Å². The van der Waals surface area contributed by atoms with Crippen molar-refractivity contribution in [2.45, 2.75) is 58.0 Å². The first-order chi connectivity index (χ1) is 8.20. The van der Waals surface area contributed by atoms with E-state index in [-0.39, 0.29) is 6.10 Å². The molecule has 0 radical (unpaired) electrons. The third kappa shape index (κ3) is 3.09.